The Morgan fingerprint density at radius 2 is 1.74 bits per heavy atom. The number of rotatable bonds is 8. The van der Waals surface area contributed by atoms with Gasteiger partial charge in [0, 0.05) is 5.56 Å². The monoisotopic (exact) mass is 426 g/mol. The van der Waals surface area contributed by atoms with Gasteiger partial charge < -0.3 is 14.2 Å². The summed E-state index contributed by atoms with van der Waals surface area (Å²) in [5.41, 5.74) is 0.919. The number of methoxy groups -OCH3 is 2. The number of carbonyl (C=O) groups is 2. The lowest BCUT2D eigenvalue weighted by Gasteiger charge is -2.09. The Bertz CT molecular complexity index is 1080. The molecule has 1 aromatic heterocycles. The molecule has 0 unspecified atom stereocenters. The van der Waals surface area contributed by atoms with E-state index in [9.17, 15) is 14.0 Å². The summed E-state index contributed by atoms with van der Waals surface area (Å²) in [6.45, 7) is 2.36. The summed E-state index contributed by atoms with van der Waals surface area (Å²) in [5, 5.41) is 4.49. The highest BCUT2D eigenvalue weighted by Crippen LogP contribution is 2.32. The van der Waals surface area contributed by atoms with Gasteiger partial charge in [0.05, 0.1) is 26.5 Å². The molecule has 0 aliphatic rings. The van der Waals surface area contributed by atoms with Crippen LogP contribution < -0.4 is 4.74 Å². The minimum atomic E-state index is -0.768. The van der Waals surface area contributed by atoms with Gasteiger partial charge in [-0.25, -0.2) is 18.7 Å². The predicted octanol–water partition coefficient (Wildman–Crippen LogP) is 4.43. The van der Waals surface area contributed by atoms with Crippen LogP contribution in [0.5, 0.6) is 5.75 Å². The summed E-state index contributed by atoms with van der Waals surface area (Å²) >= 11 is 0. The van der Waals surface area contributed by atoms with Crippen LogP contribution in [0.15, 0.2) is 48.5 Å². The van der Waals surface area contributed by atoms with Crippen molar-refractivity contribution >= 4 is 11.9 Å². The molecule has 0 radical (unpaired) electrons. The molecular formula is C23H23FN2O5. The Morgan fingerprint density at radius 3 is 2.39 bits per heavy atom. The van der Waals surface area contributed by atoms with Gasteiger partial charge in [-0.05, 0) is 36.8 Å². The number of benzene rings is 2. The first-order valence-corrected chi connectivity index (χ1v) is 9.79. The number of carbonyl (C=O) groups excluding carboxylic acids is 2. The molecule has 0 N–H and O–H groups in total. The van der Waals surface area contributed by atoms with E-state index in [1.54, 1.807) is 24.3 Å². The molecule has 0 fully saturated rings. The molecule has 2 aromatic carbocycles. The number of para-hydroxylation sites is 1. The van der Waals surface area contributed by atoms with Crippen molar-refractivity contribution in [1.82, 2.24) is 9.78 Å². The van der Waals surface area contributed by atoms with Crippen LogP contribution in [0.1, 0.15) is 40.6 Å². The Balaban J connectivity index is 2.23. The van der Waals surface area contributed by atoms with Crippen LogP contribution in [-0.4, -0.2) is 42.5 Å². The van der Waals surface area contributed by atoms with Gasteiger partial charge in [0.25, 0.3) is 0 Å². The summed E-state index contributed by atoms with van der Waals surface area (Å²) in [4.78, 5) is 25.3. The van der Waals surface area contributed by atoms with Crippen LogP contribution in [0.4, 0.5) is 4.39 Å². The van der Waals surface area contributed by atoms with Crippen molar-refractivity contribution in [3.05, 3.63) is 65.6 Å². The number of hydrogen-bond acceptors (Lipinski definition) is 6. The van der Waals surface area contributed by atoms with E-state index in [1.807, 2.05) is 13.0 Å². The van der Waals surface area contributed by atoms with Crippen LogP contribution in [0, 0.1) is 5.82 Å². The van der Waals surface area contributed by atoms with Gasteiger partial charge in [-0.2, -0.15) is 5.10 Å². The summed E-state index contributed by atoms with van der Waals surface area (Å²) < 4.78 is 30.9. The lowest BCUT2D eigenvalue weighted by molar-refractivity contribution is 0.0549. The molecule has 1 heterocycles. The smallest absolute Gasteiger partial charge is 0.357 e. The molecule has 0 saturated heterocycles. The zero-order valence-corrected chi connectivity index (χ0v) is 17.6. The van der Waals surface area contributed by atoms with Crippen LogP contribution in [0.25, 0.3) is 16.9 Å². The lowest BCUT2D eigenvalue weighted by atomic mass is 10.0. The van der Waals surface area contributed by atoms with E-state index in [2.05, 4.69) is 5.10 Å². The normalized spacial score (nSPS) is 10.6. The van der Waals surface area contributed by atoms with Crippen molar-refractivity contribution in [2.75, 3.05) is 20.8 Å². The molecule has 162 valence electrons. The standard InChI is InChI=1S/C23H23FN2O5/c1-4-5-13-31-18-14-15(11-12-17(18)24)20-19(22(27)29-2)21(23(28)30-3)26(25-20)16-9-7-6-8-10-16/h6-12,14H,4-5,13H2,1-3H3. The van der Waals surface area contributed by atoms with Crippen molar-refractivity contribution in [1.29, 1.82) is 0 Å². The van der Waals surface area contributed by atoms with E-state index in [4.69, 9.17) is 14.2 Å². The fraction of sp³-hybridized carbons (Fsp3) is 0.261. The Labute approximate surface area is 179 Å². The minimum Gasteiger partial charge on any atom is -0.490 e. The first-order valence-electron chi connectivity index (χ1n) is 9.79. The van der Waals surface area contributed by atoms with Gasteiger partial charge in [-0.1, -0.05) is 31.5 Å². The van der Waals surface area contributed by atoms with E-state index >= 15 is 0 Å². The molecule has 0 spiro atoms. The van der Waals surface area contributed by atoms with E-state index in [0.717, 1.165) is 12.8 Å². The van der Waals surface area contributed by atoms with Gasteiger partial charge in [0.15, 0.2) is 17.3 Å². The number of aromatic nitrogens is 2. The van der Waals surface area contributed by atoms with E-state index in [1.165, 1.54) is 37.1 Å². The lowest BCUT2D eigenvalue weighted by Crippen LogP contribution is -2.15. The van der Waals surface area contributed by atoms with Gasteiger partial charge in [0.2, 0.25) is 0 Å². The zero-order chi connectivity index (χ0) is 22.4. The summed E-state index contributed by atoms with van der Waals surface area (Å²) in [6, 6.07) is 13.0. The second-order valence-electron chi connectivity index (χ2n) is 6.65. The second kappa shape index (κ2) is 9.88. The SMILES string of the molecule is CCCCOc1cc(-c2nn(-c3ccccc3)c(C(=O)OC)c2C(=O)OC)ccc1F. The summed E-state index contributed by atoms with van der Waals surface area (Å²) in [7, 11) is 2.42. The Kier molecular flexibility index (Phi) is 7.02. The molecule has 3 rings (SSSR count). The molecule has 8 heteroatoms. The first kappa shape index (κ1) is 22.0. The largest absolute Gasteiger partial charge is 0.490 e. The highest BCUT2D eigenvalue weighted by atomic mass is 19.1. The second-order valence-corrected chi connectivity index (χ2v) is 6.65. The maximum Gasteiger partial charge on any atom is 0.357 e. The molecule has 3 aromatic rings. The zero-order valence-electron chi connectivity index (χ0n) is 17.6. The van der Waals surface area contributed by atoms with E-state index in [0.29, 0.717) is 17.9 Å². The Hall–Kier alpha value is -3.68. The molecule has 0 aliphatic heterocycles. The average molecular weight is 426 g/mol. The van der Waals surface area contributed by atoms with E-state index < -0.39 is 17.8 Å². The summed E-state index contributed by atoms with van der Waals surface area (Å²) in [6.07, 6.45) is 1.67. The number of hydrogen-bond donors (Lipinski definition) is 0. The van der Waals surface area contributed by atoms with Gasteiger partial charge in [-0.3, -0.25) is 0 Å². The van der Waals surface area contributed by atoms with Crippen molar-refractivity contribution in [3.63, 3.8) is 0 Å². The molecule has 7 nitrogen and oxygen atoms in total. The van der Waals surface area contributed by atoms with Crippen LogP contribution in [-0.2, 0) is 9.47 Å². The molecule has 0 aliphatic carbocycles. The van der Waals surface area contributed by atoms with Crippen molar-refractivity contribution < 1.29 is 28.2 Å². The van der Waals surface area contributed by atoms with Crippen molar-refractivity contribution in [2.45, 2.75) is 19.8 Å². The van der Waals surface area contributed by atoms with Crippen molar-refractivity contribution in [2.24, 2.45) is 0 Å². The van der Waals surface area contributed by atoms with Gasteiger partial charge in [-0.15, -0.1) is 0 Å². The van der Waals surface area contributed by atoms with Crippen LogP contribution >= 0.6 is 0 Å². The number of nitrogens with zero attached hydrogens (tertiary/aromatic N) is 2. The Morgan fingerprint density at radius 1 is 1.03 bits per heavy atom. The molecule has 31 heavy (non-hydrogen) atoms. The molecule has 0 amide bonds. The minimum absolute atomic E-state index is 0.0376. The number of unbranched alkanes of at least 4 members (excludes halogenated alkanes) is 1. The predicted molar refractivity (Wildman–Crippen MR) is 112 cm³/mol. The maximum atomic E-state index is 14.3. The van der Waals surface area contributed by atoms with Gasteiger partial charge in [0.1, 0.15) is 11.3 Å². The summed E-state index contributed by atoms with van der Waals surface area (Å²) in [5.74, 6) is -2.02. The highest BCUT2D eigenvalue weighted by Gasteiger charge is 2.31. The molecule has 0 saturated carbocycles. The average Bonchev–Trinajstić information content (AvgIpc) is 3.20. The highest BCUT2D eigenvalue weighted by molar-refractivity contribution is 6.06. The third kappa shape index (κ3) is 4.58. The van der Waals surface area contributed by atoms with Crippen LogP contribution in [0.2, 0.25) is 0 Å². The third-order valence-electron chi connectivity index (χ3n) is 4.61. The molecule has 0 bridgehead atoms. The fourth-order valence-electron chi connectivity index (χ4n) is 3.04. The quantitative estimate of drug-likeness (QED) is 0.392. The number of ether oxygens (including phenoxy) is 3. The third-order valence-corrected chi connectivity index (χ3v) is 4.61. The number of esters is 2. The first-order chi connectivity index (χ1) is 15.0. The fourth-order valence-corrected chi connectivity index (χ4v) is 3.04. The maximum absolute atomic E-state index is 14.3. The van der Waals surface area contributed by atoms with Gasteiger partial charge >= 0.3 is 11.9 Å². The van der Waals surface area contributed by atoms with Crippen molar-refractivity contribution in [3.8, 4) is 22.7 Å². The molecule has 0 atom stereocenters. The van der Waals surface area contributed by atoms with Crippen LogP contribution in [0.3, 0.4) is 0 Å². The topological polar surface area (TPSA) is 79.7 Å². The molecular weight excluding hydrogens is 403 g/mol. The number of halogens is 1. The van der Waals surface area contributed by atoms with E-state index in [-0.39, 0.29) is 22.7 Å².